The number of benzene rings is 1. The molecule has 31 heavy (non-hydrogen) atoms. The second-order valence-electron chi connectivity index (χ2n) is 6.91. The first-order chi connectivity index (χ1) is 14.8. The van der Waals surface area contributed by atoms with Crippen molar-refractivity contribution in [3.8, 4) is 0 Å². The highest BCUT2D eigenvalue weighted by Gasteiger charge is 2.24. The quantitative estimate of drug-likeness (QED) is 0.491. The Morgan fingerprint density at radius 3 is 2.16 bits per heavy atom. The van der Waals surface area contributed by atoms with E-state index in [4.69, 9.17) is 4.74 Å². The van der Waals surface area contributed by atoms with E-state index < -0.39 is 21.9 Å². The minimum atomic E-state index is -3.61. The number of sulfonamides is 1. The molecule has 7 nitrogen and oxygen atoms in total. The summed E-state index contributed by atoms with van der Waals surface area (Å²) in [4.78, 5) is 26.0. The van der Waals surface area contributed by atoms with Crippen LogP contribution >= 0.6 is 11.3 Å². The number of carbonyl (C=O) groups is 2. The number of carbonyl (C=O) groups excluding carboxylic acids is 2. The molecule has 0 aliphatic rings. The molecule has 0 bridgehead atoms. The summed E-state index contributed by atoms with van der Waals surface area (Å²) in [5, 5.41) is 3.19. The molecule has 1 N–H and O–H groups in total. The van der Waals surface area contributed by atoms with Gasteiger partial charge in [-0.15, -0.1) is 11.3 Å². The van der Waals surface area contributed by atoms with Crippen LogP contribution in [0.15, 0.2) is 35.2 Å². The van der Waals surface area contributed by atoms with Gasteiger partial charge in [-0.1, -0.05) is 20.8 Å². The van der Waals surface area contributed by atoms with Crippen molar-refractivity contribution in [2.45, 2.75) is 51.9 Å². The number of thiophene rings is 1. The molecule has 0 aliphatic carbocycles. The molecule has 0 unspecified atom stereocenters. The van der Waals surface area contributed by atoms with Crippen LogP contribution in [-0.4, -0.2) is 44.3 Å². The highest BCUT2D eigenvalue weighted by atomic mass is 32.2. The second kappa shape index (κ2) is 11.4. The molecule has 0 atom stereocenters. The normalized spacial score (nSPS) is 11.5. The molecule has 2 aromatic rings. The Morgan fingerprint density at radius 1 is 1.03 bits per heavy atom. The zero-order chi connectivity index (χ0) is 23.0. The smallest absolute Gasteiger partial charge is 0.341 e. The SMILES string of the molecule is CCCN(CCC)S(=O)(=O)c1ccc(C(=O)Nc2sc(CC)cc2C(=O)OCC)cc1. The number of hydrogen-bond acceptors (Lipinski definition) is 6. The number of esters is 1. The van der Waals surface area contributed by atoms with E-state index in [1.54, 1.807) is 13.0 Å². The van der Waals surface area contributed by atoms with E-state index in [0.717, 1.165) is 24.1 Å². The molecule has 0 spiro atoms. The van der Waals surface area contributed by atoms with E-state index in [1.807, 2.05) is 20.8 Å². The van der Waals surface area contributed by atoms with Crippen molar-refractivity contribution in [3.05, 3.63) is 46.3 Å². The lowest BCUT2D eigenvalue weighted by atomic mass is 10.2. The second-order valence-corrected chi connectivity index (χ2v) is 9.99. The van der Waals surface area contributed by atoms with Crippen LogP contribution in [0, 0.1) is 0 Å². The zero-order valence-electron chi connectivity index (χ0n) is 18.4. The Labute approximate surface area is 188 Å². The molecule has 1 aromatic carbocycles. The molecule has 0 fully saturated rings. The van der Waals surface area contributed by atoms with Crippen molar-refractivity contribution in [3.63, 3.8) is 0 Å². The molecule has 0 saturated heterocycles. The number of hydrogen-bond donors (Lipinski definition) is 1. The number of aryl methyl sites for hydroxylation is 1. The van der Waals surface area contributed by atoms with Gasteiger partial charge in [-0.25, -0.2) is 13.2 Å². The summed E-state index contributed by atoms with van der Waals surface area (Å²) in [5.41, 5.74) is 0.628. The number of ether oxygens (including phenoxy) is 1. The molecule has 2 rings (SSSR count). The molecule has 0 radical (unpaired) electrons. The zero-order valence-corrected chi connectivity index (χ0v) is 20.1. The lowest BCUT2D eigenvalue weighted by molar-refractivity contribution is 0.0528. The van der Waals surface area contributed by atoms with E-state index in [9.17, 15) is 18.0 Å². The van der Waals surface area contributed by atoms with Gasteiger partial charge in [0.2, 0.25) is 10.0 Å². The fourth-order valence-electron chi connectivity index (χ4n) is 3.02. The maximum Gasteiger partial charge on any atom is 0.341 e. The lowest BCUT2D eigenvalue weighted by Gasteiger charge is -2.21. The van der Waals surface area contributed by atoms with Gasteiger partial charge in [0.1, 0.15) is 5.00 Å². The summed E-state index contributed by atoms with van der Waals surface area (Å²) >= 11 is 1.32. The predicted molar refractivity (Wildman–Crippen MR) is 123 cm³/mol. The number of nitrogens with one attached hydrogen (secondary N) is 1. The third-order valence-electron chi connectivity index (χ3n) is 4.55. The summed E-state index contributed by atoms with van der Waals surface area (Å²) in [7, 11) is -3.61. The lowest BCUT2D eigenvalue weighted by Crippen LogP contribution is -2.32. The monoisotopic (exact) mass is 466 g/mol. The van der Waals surface area contributed by atoms with Gasteiger partial charge in [-0.3, -0.25) is 4.79 Å². The van der Waals surface area contributed by atoms with Crippen LogP contribution in [0.4, 0.5) is 5.00 Å². The Balaban J connectivity index is 2.23. The molecule has 0 aliphatic heterocycles. The van der Waals surface area contributed by atoms with Crippen molar-refractivity contribution >= 4 is 38.2 Å². The first-order valence-corrected chi connectivity index (χ1v) is 12.7. The number of nitrogens with zero attached hydrogens (tertiary/aromatic N) is 1. The minimum absolute atomic E-state index is 0.155. The summed E-state index contributed by atoms with van der Waals surface area (Å²) in [6, 6.07) is 7.58. The van der Waals surface area contributed by atoms with E-state index in [0.29, 0.717) is 29.2 Å². The molecule has 1 heterocycles. The highest BCUT2D eigenvalue weighted by molar-refractivity contribution is 7.89. The average molecular weight is 467 g/mol. The third-order valence-corrected chi connectivity index (χ3v) is 7.66. The van der Waals surface area contributed by atoms with Crippen LogP contribution in [-0.2, 0) is 21.2 Å². The fraction of sp³-hybridized carbons (Fsp3) is 0.455. The topological polar surface area (TPSA) is 92.8 Å². The van der Waals surface area contributed by atoms with Crippen molar-refractivity contribution in [1.29, 1.82) is 0 Å². The molecule has 1 aromatic heterocycles. The van der Waals surface area contributed by atoms with Crippen LogP contribution in [0.1, 0.15) is 66.1 Å². The van der Waals surface area contributed by atoms with E-state index in [1.165, 1.54) is 39.9 Å². The van der Waals surface area contributed by atoms with Crippen LogP contribution in [0.5, 0.6) is 0 Å². The molecular formula is C22H30N2O5S2. The van der Waals surface area contributed by atoms with E-state index >= 15 is 0 Å². The minimum Gasteiger partial charge on any atom is -0.462 e. The first kappa shape index (κ1) is 25.0. The van der Waals surface area contributed by atoms with Gasteiger partial charge < -0.3 is 10.1 Å². The summed E-state index contributed by atoms with van der Waals surface area (Å²) < 4.78 is 32.3. The number of anilines is 1. The Hall–Kier alpha value is -2.23. The largest absolute Gasteiger partial charge is 0.462 e. The molecule has 9 heteroatoms. The fourth-order valence-corrected chi connectivity index (χ4v) is 5.63. The van der Waals surface area contributed by atoms with Gasteiger partial charge in [0.25, 0.3) is 5.91 Å². The summed E-state index contributed by atoms with van der Waals surface area (Å²) in [5.74, 6) is -0.903. The number of amides is 1. The maximum atomic E-state index is 12.9. The van der Waals surface area contributed by atoms with Crippen LogP contribution in [0.2, 0.25) is 0 Å². The van der Waals surface area contributed by atoms with Gasteiger partial charge in [0.15, 0.2) is 0 Å². The molecular weight excluding hydrogens is 436 g/mol. The molecule has 1 amide bonds. The van der Waals surface area contributed by atoms with Crippen LogP contribution in [0.25, 0.3) is 0 Å². The Morgan fingerprint density at radius 2 is 1.65 bits per heavy atom. The van der Waals surface area contributed by atoms with Gasteiger partial charge in [-0.05, 0) is 56.5 Å². The van der Waals surface area contributed by atoms with E-state index in [2.05, 4.69) is 5.32 Å². The van der Waals surface area contributed by atoms with Crippen molar-refractivity contribution in [1.82, 2.24) is 4.31 Å². The van der Waals surface area contributed by atoms with Gasteiger partial charge in [-0.2, -0.15) is 4.31 Å². The highest BCUT2D eigenvalue weighted by Crippen LogP contribution is 2.30. The van der Waals surface area contributed by atoms with Gasteiger partial charge >= 0.3 is 5.97 Å². The van der Waals surface area contributed by atoms with E-state index in [-0.39, 0.29) is 11.5 Å². The standard InChI is InChI=1S/C22H30N2O5S2/c1-5-13-24(14-6-2)31(27,28)18-11-9-16(10-12-18)20(25)23-21-19(22(26)29-8-4)15-17(7-3)30-21/h9-12,15H,5-8,13-14H2,1-4H3,(H,23,25). The Kier molecular flexibility index (Phi) is 9.21. The third kappa shape index (κ3) is 6.15. The van der Waals surface area contributed by atoms with Crippen molar-refractivity contribution in [2.24, 2.45) is 0 Å². The first-order valence-electron chi connectivity index (χ1n) is 10.5. The maximum absolute atomic E-state index is 12.9. The molecule has 170 valence electrons. The van der Waals surface area contributed by atoms with Crippen LogP contribution in [0.3, 0.4) is 0 Å². The van der Waals surface area contributed by atoms with Crippen molar-refractivity contribution < 1.29 is 22.7 Å². The van der Waals surface area contributed by atoms with Gasteiger partial charge in [0, 0.05) is 23.5 Å². The Bertz CT molecular complexity index is 991. The number of rotatable bonds is 11. The average Bonchev–Trinajstić information content (AvgIpc) is 3.16. The van der Waals surface area contributed by atoms with Gasteiger partial charge in [0.05, 0.1) is 17.1 Å². The summed E-state index contributed by atoms with van der Waals surface area (Å²) in [6.45, 7) is 8.70. The summed E-state index contributed by atoms with van der Waals surface area (Å²) in [6.07, 6.45) is 2.18. The predicted octanol–water partition coefficient (Wildman–Crippen LogP) is 4.55. The molecule has 0 saturated carbocycles. The van der Waals surface area contributed by atoms with Crippen LogP contribution < -0.4 is 5.32 Å². The van der Waals surface area contributed by atoms with Crippen molar-refractivity contribution in [2.75, 3.05) is 25.0 Å².